The van der Waals surface area contributed by atoms with Gasteiger partial charge in [-0.15, -0.1) is 11.8 Å². The van der Waals surface area contributed by atoms with Crippen molar-refractivity contribution in [3.63, 3.8) is 0 Å². The fourth-order valence-corrected chi connectivity index (χ4v) is 5.73. The molecule has 0 amide bonds. The largest absolute Gasteiger partial charge is 0.465 e. The number of benzene rings is 1. The molecule has 0 aromatic heterocycles. The van der Waals surface area contributed by atoms with Crippen LogP contribution in [-0.2, 0) is 14.3 Å². The summed E-state index contributed by atoms with van der Waals surface area (Å²) in [5, 5.41) is 22.4. The highest BCUT2D eigenvalue weighted by Crippen LogP contribution is 2.56. The highest BCUT2D eigenvalue weighted by atomic mass is 32.2. The van der Waals surface area contributed by atoms with Crippen LogP contribution in [0.25, 0.3) is 0 Å². The maximum absolute atomic E-state index is 13.1. The summed E-state index contributed by atoms with van der Waals surface area (Å²) < 4.78 is 10.1. The summed E-state index contributed by atoms with van der Waals surface area (Å²) in [5.74, 6) is -1.32. The highest BCUT2D eigenvalue weighted by molar-refractivity contribution is 8.03. The molecule has 0 bridgehead atoms. The zero-order chi connectivity index (χ0) is 23.8. The molecule has 1 N–H and O–H groups in total. The number of carbonyl (C=O) groups excluding carboxylic acids is 2. The van der Waals surface area contributed by atoms with E-state index in [4.69, 9.17) is 9.47 Å². The normalized spacial score (nSPS) is 23.1. The van der Waals surface area contributed by atoms with Crippen molar-refractivity contribution < 1.29 is 24.2 Å². The summed E-state index contributed by atoms with van der Waals surface area (Å²) in [4.78, 5) is 26.7. The second-order valence-corrected chi connectivity index (χ2v) is 9.75. The van der Waals surface area contributed by atoms with Crippen molar-refractivity contribution in [1.29, 1.82) is 5.26 Å². The van der Waals surface area contributed by atoms with Gasteiger partial charge in [-0.2, -0.15) is 5.26 Å². The Morgan fingerprint density at radius 2 is 1.91 bits per heavy atom. The van der Waals surface area contributed by atoms with Crippen LogP contribution in [-0.4, -0.2) is 47.1 Å². The lowest BCUT2D eigenvalue weighted by Gasteiger charge is -2.47. The van der Waals surface area contributed by atoms with Gasteiger partial charge in [0, 0.05) is 16.9 Å². The number of nitrogens with zero attached hydrogens (tertiary/aromatic N) is 2. The number of aliphatic hydroxyl groups is 1. The molecule has 0 spiro atoms. The molecule has 0 aliphatic carbocycles. The molecular weight excluding hydrogens is 428 g/mol. The zero-order valence-corrected chi connectivity index (χ0v) is 20.0. The Morgan fingerprint density at radius 1 is 1.28 bits per heavy atom. The number of allylic oxidation sites excluding steroid dienone is 2. The van der Waals surface area contributed by atoms with Crippen LogP contribution in [0.2, 0.25) is 0 Å². The van der Waals surface area contributed by atoms with Gasteiger partial charge in [0.2, 0.25) is 0 Å². The molecule has 0 unspecified atom stereocenters. The minimum Gasteiger partial charge on any atom is -0.465 e. The topological polar surface area (TPSA) is 99.9 Å². The number of esters is 2. The van der Waals surface area contributed by atoms with Gasteiger partial charge in [0.25, 0.3) is 0 Å². The SMILES string of the molecule is CCOC(=O)C1=C(C)N2C(=C(C#N)[C@@H]1c1ccc(C(=O)OC)cc1)SC[C@]2(O)C(C)(C)C. The lowest BCUT2D eigenvalue weighted by molar-refractivity contribution is -0.140. The Labute approximate surface area is 192 Å². The highest BCUT2D eigenvalue weighted by Gasteiger charge is 2.55. The van der Waals surface area contributed by atoms with Gasteiger partial charge in [-0.3, -0.25) is 0 Å². The van der Waals surface area contributed by atoms with E-state index in [1.54, 1.807) is 43.0 Å². The second-order valence-electron chi connectivity index (χ2n) is 8.79. The Hall–Kier alpha value is -2.76. The molecule has 2 atom stereocenters. The van der Waals surface area contributed by atoms with Gasteiger partial charge in [0.05, 0.1) is 47.4 Å². The third-order valence-electron chi connectivity index (χ3n) is 6.00. The first-order valence-corrected chi connectivity index (χ1v) is 11.4. The Kier molecular flexibility index (Phi) is 6.45. The molecule has 2 aliphatic rings. The van der Waals surface area contributed by atoms with Crippen molar-refractivity contribution in [2.24, 2.45) is 5.41 Å². The van der Waals surface area contributed by atoms with Crippen LogP contribution in [0, 0.1) is 16.7 Å². The van der Waals surface area contributed by atoms with Crippen LogP contribution in [0.4, 0.5) is 0 Å². The smallest absolute Gasteiger partial charge is 0.337 e. The van der Waals surface area contributed by atoms with E-state index in [1.165, 1.54) is 18.9 Å². The van der Waals surface area contributed by atoms with Crippen LogP contribution >= 0.6 is 11.8 Å². The minimum atomic E-state index is -1.28. The van der Waals surface area contributed by atoms with Crippen molar-refractivity contribution in [3.05, 3.63) is 57.3 Å². The maximum Gasteiger partial charge on any atom is 0.337 e. The number of nitriles is 1. The molecule has 32 heavy (non-hydrogen) atoms. The molecule has 0 saturated carbocycles. The van der Waals surface area contributed by atoms with Gasteiger partial charge < -0.3 is 19.5 Å². The molecular formula is C24H28N2O5S. The zero-order valence-electron chi connectivity index (χ0n) is 19.2. The fourth-order valence-electron chi connectivity index (χ4n) is 4.09. The first-order valence-electron chi connectivity index (χ1n) is 10.4. The molecule has 1 aromatic rings. The fraction of sp³-hybridized carbons (Fsp3) is 0.458. The summed E-state index contributed by atoms with van der Waals surface area (Å²) in [6.07, 6.45) is 0. The number of methoxy groups -OCH3 is 1. The van der Waals surface area contributed by atoms with Crippen molar-refractivity contribution in [2.75, 3.05) is 19.5 Å². The standard InChI is InChI=1S/C24H28N2O5S/c1-7-31-22(28)18-14(2)26-20(32-13-24(26,29)23(3,4)5)17(12-25)19(18)15-8-10-16(11-9-15)21(27)30-6/h8-11,19,29H,7,13H2,1-6H3/t19-,24-/m0/s1. The van der Waals surface area contributed by atoms with Crippen LogP contribution in [0.15, 0.2) is 46.1 Å². The Balaban J connectivity index is 2.24. The van der Waals surface area contributed by atoms with Crippen LogP contribution in [0.3, 0.4) is 0 Å². The average Bonchev–Trinajstić information content (AvgIpc) is 3.12. The quantitative estimate of drug-likeness (QED) is 0.681. The van der Waals surface area contributed by atoms with Crippen molar-refractivity contribution in [3.8, 4) is 6.07 Å². The van der Waals surface area contributed by atoms with Gasteiger partial charge in [-0.1, -0.05) is 32.9 Å². The molecule has 170 valence electrons. The first-order chi connectivity index (χ1) is 15.0. The molecule has 3 rings (SSSR count). The van der Waals surface area contributed by atoms with Gasteiger partial charge in [0.1, 0.15) is 0 Å². The lowest BCUT2D eigenvalue weighted by Crippen LogP contribution is -2.55. The summed E-state index contributed by atoms with van der Waals surface area (Å²) in [6, 6.07) is 8.93. The van der Waals surface area contributed by atoms with E-state index in [1.807, 2.05) is 20.8 Å². The van der Waals surface area contributed by atoms with Crippen LogP contribution < -0.4 is 0 Å². The number of carbonyl (C=O) groups is 2. The summed E-state index contributed by atoms with van der Waals surface area (Å²) in [6.45, 7) is 9.46. The van der Waals surface area contributed by atoms with E-state index in [9.17, 15) is 20.0 Å². The maximum atomic E-state index is 13.1. The Morgan fingerprint density at radius 3 is 2.41 bits per heavy atom. The van der Waals surface area contributed by atoms with Gasteiger partial charge >= 0.3 is 11.9 Å². The molecule has 2 heterocycles. The number of rotatable bonds is 4. The van der Waals surface area contributed by atoms with Crippen molar-refractivity contribution in [2.45, 2.75) is 46.3 Å². The molecule has 2 aliphatic heterocycles. The van der Waals surface area contributed by atoms with E-state index in [2.05, 4.69) is 6.07 Å². The number of ether oxygens (including phenoxy) is 2. The van der Waals surface area contributed by atoms with E-state index in [0.717, 1.165) is 0 Å². The van der Waals surface area contributed by atoms with E-state index >= 15 is 0 Å². The third kappa shape index (κ3) is 3.70. The molecule has 7 nitrogen and oxygen atoms in total. The van der Waals surface area contributed by atoms with Crippen LogP contribution in [0.1, 0.15) is 56.5 Å². The first kappa shape index (κ1) is 23.9. The molecule has 1 aromatic carbocycles. The van der Waals surface area contributed by atoms with Crippen molar-refractivity contribution in [1.82, 2.24) is 4.90 Å². The monoisotopic (exact) mass is 456 g/mol. The van der Waals surface area contributed by atoms with Crippen LogP contribution in [0.5, 0.6) is 0 Å². The number of thioether (sulfide) groups is 1. The predicted molar refractivity (Wildman–Crippen MR) is 121 cm³/mol. The third-order valence-corrected chi connectivity index (χ3v) is 7.22. The van der Waals surface area contributed by atoms with Gasteiger partial charge in [-0.25, -0.2) is 9.59 Å². The molecule has 1 fully saturated rings. The van der Waals surface area contributed by atoms with E-state index in [-0.39, 0.29) is 6.61 Å². The molecule has 0 radical (unpaired) electrons. The predicted octanol–water partition coefficient (Wildman–Crippen LogP) is 3.93. The number of hydrogen-bond acceptors (Lipinski definition) is 8. The minimum absolute atomic E-state index is 0.181. The lowest BCUT2D eigenvalue weighted by atomic mass is 9.78. The second kappa shape index (κ2) is 8.64. The number of fused-ring (bicyclic) bond motifs is 1. The summed E-state index contributed by atoms with van der Waals surface area (Å²) in [5.41, 5.74) is 0.459. The van der Waals surface area contributed by atoms with Gasteiger partial charge in [0.15, 0.2) is 5.72 Å². The van der Waals surface area contributed by atoms with E-state index in [0.29, 0.717) is 38.8 Å². The summed E-state index contributed by atoms with van der Waals surface area (Å²) >= 11 is 1.41. The van der Waals surface area contributed by atoms with Gasteiger partial charge in [-0.05, 0) is 31.5 Å². The van der Waals surface area contributed by atoms with E-state index < -0.39 is 29.0 Å². The Bertz CT molecular complexity index is 1050. The number of hydrogen-bond donors (Lipinski definition) is 1. The molecule has 8 heteroatoms. The molecule has 1 saturated heterocycles. The summed E-state index contributed by atoms with van der Waals surface area (Å²) in [7, 11) is 1.31. The average molecular weight is 457 g/mol. The van der Waals surface area contributed by atoms with Crippen molar-refractivity contribution >= 4 is 23.7 Å².